The number of ether oxygens (including phenoxy) is 2. The third-order valence-corrected chi connectivity index (χ3v) is 4.97. The molecule has 0 atom stereocenters. The van der Waals surface area contributed by atoms with E-state index in [1.54, 1.807) is 73.1 Å². The van der Waals surface area contributed by atoms with Crippen molar-refractivity contribution in [1.82, 2.24) is 9.38 Å². The van der Waals surface area contributed by atoms with Crippen molar-refractivity contribution in [2.75, 3.05) is 14.2 Å². The number of carbonyl (C=O) groups is 2. The van der Waals surface area contributed by atoms with E-state index in [0.717, 1.165) is 5.69 Å². The highest BCUT2D eigenvalue weighted by Crippen LogP contribution is 2.22. The van der Waals surface area contributed by atoms with E-state index in [1.807, 2.05) is 6.07 Å². The summed E-state index contributed by atoms with van der Waals surface area (Å²) in [5, 5.41) is 0.581. The molecule has 0 aliphatic heterocycles. The topological polar surface area (TPSA) is 87.0 Å². The lowest BCUT2D eigenvalue weighted by molar-refractivity contribution is -0.139. The second-order valence-electron chi connectivity index (χ2n) is 6.81. The summed E-state index contributed by atoms with van der Waals surface area (Å²) in [6.07, 6.45) is 3.53. The summed E-state index contributed by atoms with van der Waals surface area (Å²) in [5.74, 6) is -0.748. The van der Waals surface area contributed by atoms with E-state index in [0.29, 0.717) is 27.2 Å². The van der Waals surface area contributed by atoms with E-state index in [4.69, 9.17) is 16.3 Å². The maximum absolute atomic E-state index is 12.7. The van der Waals surface area contributed by atoms with Crippen LogP contribution in [0.5, 0.6) is 0 Å². The summed E-state index contributed by atoms with van der Waals surface area (Å²) in [6, 6.07) is 19.1. The van der Waals surface area contributed by atoms with E-state index in [1.165, 1.54) is 18.6 Å². The Labute approximate surface area is 195 Å². The molecule has 0 saturated heterocycles. The summed E-state index contributed by atoms with van der Waals surface area (Å²) < 4.78 is 10.7. The fourth-order valence-electron chi connectivity index (χ4n) is 3.08. The molecule has 0 unspecified atom stereocenters. The van der Waals surface area contributed by atoms with Crippen LogP contribution in [0.2, 0.25) is 5.02 Å². The van der Waals surface area contributed by atoms with Gasteiger partial charge in [-0.1, -0.05) is 35.9 Å². The van der Waals surface area contributed by atoms with Crippen molar-refractivity contribution in [3.05, 3.63) is 106 Å². The molecule has 0 aliphatic carbocycles. The van der Waals surface area contributed by atoms with Crippen LogP contribution in [0.25, 0.3) is 16.6 Å². The van der Waals surface area contributed by atoms with Crippen molar-refractivity contribution in [3.8, 4) is 11.1 Å². The smallest absolute Gasteiger partial charge is 0.340 e. The number of nitrogens with zero attached hydrogens (tertiary/aromatic N) is 2. The molecular weight excluding hydrogens is 444 g/mol. The molecular formula is C25H21ClN2O5. The van der Waals surface area contributed by atoms with Gasteiger partial charge in [0.15, 0.2) is 0 Å². The molecule has 0 N–H and O–H groups in total. The van der Waals surface area contributed by atoms with Gasteiger partial charge in [-0.15, -0.1) is 0 Å². The third-order valence-electron chi connectivity index (χ3n) is 4.71. The van der Waals surface area contributed by atoms with Crippen LogP contribution >= 0.6 is 11.6 Å². The highest BCUT2D eigenvalue weighted by atomic mass is 35.5. The van der Waals surface area contributed by atoms with Gasteiger partial charge in [0.25, 0.3) is 5.56 Å². The zero-order chi connectivity index (χ0) is 23.8. The number of aromatic nitrogens is 2. The van der Waals surface area contributed by atoms with Crippen LogP contribution in [0.1, 0.15) is 16.1 Å². The Kier molecular flexibility index (Phi) is 7.94. The second-order valence-corrected chi connectivity index (χ2v) is 7.24. The van der Waals surface area contributed by atoms with E-state index in [9.17, 15) is 14.4 Å². The lowest BCUT2D eigenvalue weighted by Crippen LogP contribution is -2.19. The van der Waals surface area contributed by atoms with E-state index < -0.39 is 5.97 Å². The lowest BCUT2D eigenvalue weighted by atomic mass is 10.0. The molecule has 3 heterocycles. The minimum Gasteiger partial charge on any atom is -0.469 e. The minimum atomic E-state index is -0.487. The molecule has 0 bridgehead atoms. The monoisotopic (exact) mass is 464 g/mol. The maximum atomic E-state index is 12.7. The van der Waals surface area contributed by atoms with E-state index in [2.05, 4.69) is 9.72 Å². The quantitative estimate of drug-likeness (QED) is 0.420. The summed E-state index contributed by atoms with van der Waals surface area (Å²) in [6.45, 7) is 0. The molecule has 4 rings (SSSR count). The molecule has 168 valence electrons. The summed E-state index contributed by atoms with van der Waals surface area (Å²) >= 11 is 5.88. The first kappa shape index (κ1) is 23.7. The van der Waals surface area contributed by atoms with Crippen molar-refractivity contribution in [1.29, 1.82) is 0 Å². The Balaban J connectivity index is 0.000000235. The molecule has 0 amide bonds. The average molecular weight is 465 g/mol. The molecule has 1 aromatic carbocycles. The first-order chi connectivity index (χ1) is 15.9. The van der Waals surface area contributed by atoms with Crippen LogP contribution in [0.15, 0.2) is 83.9 Å². The second kappa shape index (κ2) is 11.1. The largest absolute Gasteiger partial charge is 0.469 e. The number of pyridine rings is 3. The number of halogens is 1. The van der Waals surface area contributed by atoms with Crippen molar-refractivity contribution in [2.45, 2.75) is 6.42 Å². The van der Waals surface area contributed by atoms with Gasteiger partial charge in [-0.25, -0.2) is 4.79 Å². The Bertz CT molecular complexity index is 1320. The van der Waals surface area contributed by atoms with Crippen LogP contribution in [0.3, 0.4) is 0 Å². The Morgan fingerprint density at radius 3 is 2.33 bits per heavy atom. The summed E-state index contributed by atoms with van der Waals surface area (Å²) in [4.78, 5) is 39.4. The van der Waals surface area contributed by atoms with Gasteiger partial charge < -0.3 is 9.47 Å². The Morgan fingerprint density at radius 1 is 0.970 bits per heavy atom. The minimum absolute atomic E-state index is 0.203. The number of methoxy groups -OCH3 is 2. The predicted octanol–water partition coefficient (Wildman–Crippen LogP) is 4.20. The van der Waals surface area contributed by atoms with Crippen molar-refractivity contribution < 1.29 is 19.1 Å². The molecule has 0 fully saturated rings. The SMILES string of the molecule is COC(=O)Cc1ccccn1.COC(=O)c1cc(-c2ccc(Cl)cc2)c(=O)n2ccccc12. The van der Waals surface area contributed by atoms with Gasteiger partial charge >= 0.3 is 11.9 Å². The lowest BCUT2D eigenvalue weighted by Gasteiger charge is -2.10. The van der Waals surface area contributed by atoms with E-state index in [-0.39, 0.29) is 17.9 Å². The van der Waals surface area contributed by atoms with Gasteiger partial charge in [-0.05, 0) is 48.0 Å². The highest BCUT2D eigenvalue weighted by Gasteiger charge is 2.16. The van der Waals surface area contributed by atoms with Gasteiger partial charge in [0.05, 0.1) is 37.4 Å². The molecule has 0 saturated carbocycles. The normalized spacial score (nSPS) is 10.2. The first-order valence-electron chi connectivity index (χ1n) is 9.90. The molecule has 3 aromatic heterocycles. The molecule has 7 nitrogen and oxygen atoms in total. The zero-order valence-electron chi connectivity index (χ0n) is 18.0. The van der Waals surface area contributed by atoms with E-state index >= 15 is 0 Å². The number of hydrogen-bond donors (Lipinski definition) is 0. The Morgan fingerprint density at radius 2 is 1.70 bits per heavy atom. The summed E-state index contributed by atoms with van der Waals surface area (Å²) in [5.41, 5.74) is 2.49. The van der Waals surface area contributed by atoms with Crippen LogP contribution in [0.4, 0.5) is 0 Å². The highest BCUT2D eigenvalue weighted by molar-refractivity contribution is 6.30. The van der Waals surface area contributed by atoms with Crippen molar-refractivity contribution in [2.24, 2.45) is 0 Å². The third kappa shape index (κ3) is 5.84. The van der Waals surface area contributed by atoms with Crippen LogP contribution in [-0.2, 0) is 20.7 Å². The van der Waals surface area contributed by atoms with Crippen molar-refractivity contribution in [3.63, 3.8) is 0 Å². The number of carbonyl (C=O) groups excluding carboxylic acids is 2. The number of benzene rings is 1. The number of esters is 2. The number of rotatable bonds is 4. The molecule has 4 aromatic rings. The number of hydrogen-bond acceptors (Lipinski definition) is 6. The fraction of sp³-hybridized carbons (Fsp3) is 0.120. The van der Waals surface area contributed by atoms with Gasteiger partial charge in [0.2, 0.25) is 0 Å². The molecule has 8 heteroatoms. The average Bonchev–Trinajstić information content (AvgIpc) is 2.85. The van der Waals surface area contributed by atoms with Gasteiger partial charge in [0, 0.05) is 23.0 Å². The van der Waals surface area contributed by atoms with Gasteiger partial charge in [-0.3, -0.25) is 19.0 Å². The fourth-order valence-corrected chi connectivity index (χ4v) is 3.21. The van der Waals surface area contributed by atoms with Crippen LogP contribution in [-0.4, -0.2) is 35.5 Å². The molecule has 0 radical (unpaired) electrons. The predicted molar refractivity (Wildman–Crippen MR) is 125 cm³/mol. The zero-order valence-corrected chi connectivity index (χ0v) is 18.8. The first-order valence-corrected chi connectivity index (χ1v) is 10.3. The van der Waals surface area contributed by atoms with Gasteiger partial charge in [-0.2, -0.15) is 0 Å². The Hall–Kier alpha value is -3.97. The molecule has 0 aliphatic rings. The number of fused-ring (bicyclic) bond motifs is 1. The van der Waals surface area contributed by atoms with Gasteiger partial charge in [0.1, 0.15) is 0 Å². The molecule has 33 heavy (non-hydrogen) atoms. The maximum Gasteiger partial charge on any atom is 0.340 e. The summed E-state index contributed by atoms with van der Waals surface area (Å²) in [7, 11) is 2.68. The van der Waals surface area contributed by atoms with Crippen LogP contribution < -0.4 is 5.56 Å². The van der Waals surface area contributed by atoms with Crippen molar-refractivity contribution >= 4 is 29.1 Å². The van der Waals surface area contributed by atoms with Crippen LogP contribution in [0, 0.1) is 0 Å². The molecule has 0 spiro atoms. The standard InChI is InChI=1S/C17H12ClNO3.C8H9NO2/c1-22-17(21)14-10-13(11-5-7-12(18)8-6-11)16(20)19-9-3-2-4-15(14)19;1-11-8(10)6-7-4-2-3-5-9-7/h2-10H,1H3;2-5H,6H2,1H3.